The van der Waals surface area contributed by atoms with Crippen molar-refractivity contribution in [2.45, 2.75) is 66.2 Å². The molecule has 0 atom stereocenters. The van der Waals surface area contributed by atoms with Crippen molar-refractivity contribution in [3.63, 3.8) is 0 Å². The Kier molecular flexibility index (Phi) is 3.24. The van der Waals surface area contributed by atoms with E-state index in [-0.39, 0.29) is 10.8 Å². The molecule has 0 saturated carbocycles. The Bertz CT molecular complexity index is 384. The lowest BCUT2D eigenvalue weighted by Gasteiger charge is -2.32. The van der Waals surface area contributed by atoms with Gasteiger partial charge in [0.2, 0.25) is 0 Å². The monoisotopic (exact) mass is 218 g/mol. The summed E-state index contributed by atoms with van der Waals surface area (Å²) in [6.07, 6.45) is 0. The van der Waals surface area contributed by atoms with Gasteiger partial charge in [0, 0.05) is 0 Å². The molecule has 0 aliphatic heterocycles. The topological polar surface area (TPSA) is 0 Å². The quantitative estimate of drug-likeness (QED) is 0.581. The average molecular weight is 218 g/mol. The van der Waals surface area contributed by atoms with Crippen LogP contribution < -0.4 is 0 Å². The standard InChI is InChI=1S/C16H26/c1-11-9-10-13(15(3,4)5)14(12(11)2)16(6,7)8/h9-10H,1-8H3. The van der Waals surface area contributed by atoms with Gasteiger partial charge in [-0.15, -0.1) is 0 Å². The number of hydrogen-bond acceptors (Lipinski definition) is 0. The molecule has 1 aromatic rings. The van der Waals surface area contributed by atoms with Gasteiger partial charge in [0.25, 0.3) is 0 Å². The summed E-state index contributed by atoms with van der Waals surface area (Å²) in [6.45, 7) is 18.3. The van der Waals surface area contributed by atoms with E-state index in [4.69, 9.17) is 0 Å². The molecule has 0 heterocycles. The van der Waals surface area contributed by atoms with Crippen LogP contribution in [0.3, 0.4) is 0 Å². The van der Waals surface area contributed by atoms with E-state index in [9.17, 15) is 0 Å². The Morgan fingerprint density at radius 1 is 0.750 bits per heavy atom. The highest BCUT2D eigenvalue weighted by Gasteiger charge is 2.26. The first-order valence-electron chi connectivity index (χ1n) is 6.16. The Balaban J connectivity index is 3.59. The molecule has 0 nitrogen and oxygen atoms in total. The van der Waals surface area contributed by atoms with Crippen molar-refractivity contribution in [1.82, 2.24) is 0 Å². The third-order valence-electron chi connectivity index (χ3n) is 3.29. The molecule has 0 aromatic heterocycles. The van der Waals surface area contributed by atoms with Gasteiger partial charge in [-0.25, -0.2) is 0 Å². The predicted octanol–water partition coefficient (Wildman–Crippen LogP) is 4.90. The van der Waals surface area contributed by atoms with Gasteiger partial charge in [0.1, 0.15) is 0 Å². The summed E-state index contributed by atoms with van der Waals surface area (Å²) in [5.74, 6) is 0. The van der Waals surface area contributed by atoms with E-state index in [1.807, 2.05) is 0 Å². The van der Waals surface area contributed by atoms with E-state index in [1.54, 1.807) is 0 Å². The molecule has 0 spiro atoms. The fourth-order valence-electron chi connectivity index (χ4n) is 2.41. The zero-order valence-electron chi connectivity index (χ0n) is 12.2. The molecule has 0 aliphatic rings. The summed E-state index contributed by atoms with van der Waals surface area (Å²) in [7, 11) is 0. The predicted molar refractivity (Wildman–Crippen MR) is 73.3 cm³/mol. The fourth-order valence-corrected chi connectivity index (χ4v) is 2.41. The minimum absolute atomic E-state index is 0.221. The van der Waals surface area contributed by atoms with Crippen LogP contribution in [0.2, 0.25) is 0 Å². The van der Waals surface area contributed by atoms with Gasteiger partial charge in [-0.3, -0.25) is 0 Å². The van der Waals surface area contributed by atoms with E-state index >= 15 is 0 Å². The number of hydrogen-bond donors (Lipinski definition) is 0. The number of rotatable bonds is 0. The molecule has 0 amide bonds. The van der Waals surface area contributed by atoms with E-state index in [2.05, 4.69) is 67.5 Å². The van der Waals surface area contributed by atoms with Crippen LogP contribution in [0.1, 0.15) is 63.8 Å². The maximum Gasteiger partial charge on any atom is -0.0126 e. The Labute approximate surface area is 101 Å². The molecule has 90 valence electrons. The highest BCUT2D eigenvalue weighted by Crippen LogP contribution is 2.36. The third kappa shape index (κ3) is 2.48. The van der Waals surface area contributed by atoms with Crippen LogP contribution in [0.5, 0.6) is 0 Å². The van der Waals surface area contributed by atoms with Crippen molar-refractivity contribution >= 4 is 0 Å². The molecule has 0 N–H and O–H groups in total. The van der Waals surface area contributed by atoms with E-state index in [0.717, 1.165) is 0 Å². The Morgan fingerprint density at radius 3 is 1.62 bits per heavy atom. The summed E-state index contributed by atoms with van der Waals surface area (Å²) < 4.78 is 0. The van der Waals surface area contributed by atoms with Crippen LogP contribution in [0.4, 0.5) is 0 Å². The maximum absolute atomic E-state index is 2.31. The minimum atomic E-state index is 0.221. The maximum atomic E-state index is 2.31. The zero-order valence-corrected chi connectivity index (χ0v) is 12.2. The van der Waals surface area contributed by atoms with Crippen molar-refractivity contribution in [3.8, 4) is 0 Å². The minimum Gasteiger partial charge on any atom is -0.0587 e. The first-order valence-corrected chi connectivity index (χ1v) is 6.16. The van der Waals surface area contributed by atoms with Crippen LogP contribution in [0.25, 0.3) is 0 Å². The summed E-state index contributed by atoms with van der Waals surface area (Å²) in [4.78, 5) is 0. The van der Waals surface area contributed by atoms with Gasteiger partial charge in [0.15, 0.2) is 0 Å². The molecule has 0 heteroatoms. The van der Waals surface area contributed by atoms with Gasteiger partial charge < -0.3 is 0 Å². The van der Waals surface area contributed by atoms with Crippen LogP contribution >= 0.6 is 0 Å². The van der Waals surface area contributed by atoms with Crippen molar-refractivity contribution < 1.29 is 0 Å². The van der Waals surface area contributed by atoms with Gasteiger partial charge in [-0.05, 0) is 46.9 Å². The highest BCUT2D eigenvalue weighted by molar-refractivity contribution is 5.46. The zero-order chi connectivity index (χ0) is 12.7. The van der Waals surface area contributed by atoms with Crippen molar-refractivity contribution in [2.24, 2.45) is 0 Å². The Morgan fingerprint density at radius 2 is 1.25 bits per heavy atom. The average Bonchev–Trinajstić information content (AvgIpc) is 2.05. The molecule has 1 aromatic carbocycles. The second-order valence-electron chi connectivity index (χ2n) is 6.93. The van der Waals surface area contributed by atoms with Crippen LogP contribution in [0, 0.1) is 13.8 Å². The first kappa shape index (κ1) is 13.3. The molecular weight excluding hydrogens is 192 g/mol. The molecule has 16 heavy (non-hydrogen) atoms. The van der Waals surface area contributed by atoms with Crippen LogP contribution in [-0.4, -0.2) is 0 Å². The van der Waals surface area contributed by atoms with Gasteiger partial charge in [0.05, 0.1) is 0 Å². The summed E-state index contributed by atoms with van der Waals surface area (Å²) >= 11 is 0. The number of benzene rings is 1. The van der Waals surface area contributed by atoms with Crippen LogP contribution in [0.15, 0.2) is 12.1 Å². The lowest BCUT2D eigenvalue weighted by molar-refractivity contribution is 0.526. The lowest BCUT2D eigenvalue weighted by atomic mass is 9.72. The molecule has 0 bridgehead atoms. The second-order valence-corrected chi connectivity index (χ2v) is 6.93. The first-order chi connectivity index (χ1) is 7.05. The summed E-state index contributed by atoms with van der Waals surface area (Å²) in [5.41, 5.74) is 6.32. The van der Waals surface area contributed by atoms with Gasteiger partial charge in [-0.1, -0.05) is 53.7 Å². The van der Waals surface area contributed by atoms with E-state index < -0.39 is 0 Å². The van der Waals surface area contributed by atoms with Crippen molar-refractivity contribution in [3.05, 3.63) is 34.4 Å². The SMILES string of the molecule is Cc1ccc(C(C)(C)C)c(C(C)(C)C)c1C. The van der Waals surface area contributed by atoms with Gasteiger partial charge >= 0.3 is 0 Å². The second kappa shape index (κ2) is 3.91. The molecule has 0 unspecified atom stereocenters. The molecule has 0 saturated heterocycles. The molecule has 0 aliphatic carbocycles. The lowest BCUT2D eigenvalue weighted by Crippen LogP contribution is -2.23. The summed E-state index contributed by atoms with van der Waals surface area (Å²) in [6, 6.07) is 4.56. The third-order valence-corrected chi connectivity index (χ3v) is 3.29. The highest BCUT2D eigenvalue weighted by atomic mass is 14.3. The van der Waals surface area contributed by atoms with Gasteiger partial charge in [-0.2, -0.15) is 0 Å². The van der Waals surface area contributed by atoms with Crippen molar-refractivity contribution in [1.29, 1.82) is 0 Å². The van der Waals surface area contributed by atoms with E-state index in [1.165, 1.54) is 22.3 Å². The largest absolute Gasteiger partial charge is 0.0587 e. The fraction of sp³-hybridized carbons (Fsp3) is 0.625. The molecule has 1 rings (SSSR count). The van der Waals surface area contributed by atoms with Crippen molar-refractivity contribution in [2.75, 3.05) is 0 Å². The smallest absolute Gasteiger partial charge is 0.0126 e. The number of aryl methyl sites for hydroxylation is 1. The van der Waals surface area contributed by atoms with Crippen LogP contribution in [-0.2, 0) is 10.8 Å². The normalized spacial score (nSPS) is 13.0. The molecule has 0 fully saturated rings. The van der Waals surface area contributed by atoms with E-state index in [0.29, 0.717) is 0 Å². The Hall–Kier alpha value is -0.780. The molecular formula is C16H26. The molecule has 0 radical (unpaired) electrons. The summed E-state index contributed by atoms with van der Waals surface area (Å²) in [5, 5.41) is 0.